The fraction of sp³-hybridized carbons (Fsp3) is 0.333. The lowest BCUT2D eigenvalue weighted by molar-refractivity contribution is -0.123. The molecule has 0 bridgehead atoms. The molecule has 3 aromatic rings. The van der Waals surface area contributed by atoms with Crippen LogP contribution in [-0.2, 0) is 11.2 Å². The zero-order valence-corrected chi connectivity index (χ0v) is 17.0. The zero-order valence-electron chi connectivity index (χ0n) is 17.0. The van der Waals surface area contributed by atoms with Crippen LogP contribution in [0.2, 0.25) is 0 Å². The van der Waals surface area contributed by atoms with Gasteiger partial charge in [0.25, 0.3) is 11.8 Å². The molecule has 0 aliphatic heterocycles. The van der Waals surface area contributed by atoms with E-state index >= 15 is 0 Å². The van der Waals surface area contributed by atoms with Crippen molar-refractivity contribution in [2.24, 2.45) is 0 Å². The van der Waals surface area contributed by atoms with Crippen molar-refractivity contribution in [2.45, 2.75) is 51.1 Å². The van der Waals surface area contributed by atoms with Crippen molar-refractivity contribution < 1.29 is 18.4 Å². The lowest BCUT2D eigenvalue weighted by Crippen LogP contribution is -2.46. The maximum atomic E-state index is 13.6. The minimum absolute atomic E-state index is 0.122. The van der Waals surface area contributed by atoms with E-state index in [0.29, 0.717) is 17.9 Å². The Balaban J connectivity index is 1.80. The van der Waals surface area contributed by atoms with E-state index in [4.69, 9.17) is 8.83 Å². The second kappa shape index (κ2) is 9.03. The zero-order chi connectivity index (χ0) is 20.9. The third-order valence-electron chi connectivity index (χ3n) is 5.60. The summed E-state index contributed by atoms with van der Waals surface area (Å²) in [6.45, 7) is 2.02. The molecule has 1 aliphatic carbocycles. The van der Waals surface area contributed by atoms with Gasteiger partial charge in [-0.1, -0.05) is 38.0 Å². The highest BCUT2D eigenvalue weighted by Crippen LogP contribution is 2.33. The van der Waals surface area contributed by atoms with Crippen LogP contribution in [0.5, 0.6) is 0 Å². The van der Waals surface area contributed by atoms with E-state index in [2.05, 4.69) is 5.32 Å². The Morgan fingerprint density at radius 3 is 2.43 bits per heavy atom. The molecule has 0 spiro atoms. The first kappa shape index (κ1) is 20.0. The van der Waals surface area contributed by atoms with Gasteiger partial charge in [-0.25, -0.2) is 0 Å². The van der Waals surface area contributed by atoms with Crippen molar-refractivity contribution in [3.05, 3.63) is 78.1 Å². The van der Waals surface area contributed by atoms with Crippen LogP contribution in [0.1, 0.15) is 60.5 Å². The van der Waals surface area contributed by atoms with E-state index in [1.54, 1.807) is 24.3 Å². The monoisotopic (exact) mass is 406 g/mol. The van der Waals surface area contributed by atoms with Gasteiger partial charge in [0.15, 0.2) is 11.8 Å². The fourth-order valence-corrected chi connectivity index (χ4v) is 4.10. The number of rotatable bonds is 7. The Labute approximate surface area is 175 Å². The van der Waals surface area contributed by atoms with Crippen LogP contribution < -0.4 is 10.2 Å². The summed E-state index contributed by atoms with van der Waals surface area (Å²) in [5.41, 5.74) is 1.63. The molecule has 0 saturated heterocycles. The highest BCUT2D eigenvalue weighted by molar-refractivity contribution is 6.09. The van der Waals surface area contributed by atoms with E-state index in [9.17, 15) is 9.59 Å². The van der Waals surface area contributed by atoms with E-state index in [0.717, 1.165) is 31.2 Å². The molecule has 2 heterocycles. The van der Waals surface area contributed by atoms with Crippen LogP contribution >= 0.6 is 0 Å². The molecule has 6 nitrogen and oxygen atoms in total. The summed E-state index contributed by atoms with van der Waals surface area (Å²) in [6.07, 6.45) is 7.80. The summed E-state index contributed by atoms with van der Waals surface area (Å²) in [7, 11) is 0. The van der Waals surface area contributed by atoms with Gasteiger partial charge in [-0.05, 0) is 55.2 Å². The van der Waals surface area contributed by atoms with Gasteiger partial charge in [0.1, 0.15) is 5.76 Å². The van der Waals surface area contributed by atoms with Crippen LogP contribution in [0.4, 0.5) is 5.69 Å². The minimum atomic E-state index is -0.939. The number of amides is 2. The number of hydrogen-bond donors (Lipinski definition) is 1. The van der Waals surface area contributed by atoms with Crippen LogP contribution in [-0.4, -0.2) is 17.9 Å². The van der Waals surface area contributed by atoms with E-state index < -0.39 is 6.04 Å². The van der Waals surface area contributed by atoms with Crippen molar-refractivity contribution in [1.29, 1.82) is 0 Å². The fourth-order valence-electron chi connectivity index (χ4n) is 4.10. The molecule has 1 unspecified atom stereocenters. The SMILES string of the molecule is CCc1ccccc1N(C(=O)c1ccco1)C(C(=O)NC1CCCC1)c1ccco1. The Morgan fingerprint density at radius 2 is 1.77 bits per heavy atom. The van der Waals surface area contributed by atoms with Crippen LogP contribution in [0.15, 0.2) is 69.9 Å². The predicted molar refractivity (Wildman–Crippen MR) is 113 cm³/mol. The summed E-state index contributed by atoms with van der Waals surface area (Å²) in [5.74, 6) is -0.0472. The van der Waals surface area contributed by atoms with Gasteiger partial charge in [-0.3, -0.25) is 14.5 Å². The average molecular weight is 406 g/mol. The van der Waals surface area contributed by atoms with E-state index in [1.165, 1.54) is 17.4 Å². The maximum absolute atomic E-state index is 13.6. The molecule has 1 atom stereocenters. The first-order valence-electron chi connectivity index (χ1n) is 10.5. The molecule has 1 aromatic carbocycles. The number of nitrogens with zero attached hydrogens (tertiary/aromatic N) is 1. The lowest BCUT2D eigenvalue weighted by atomic mass is 10.0. The number of benzene rings is 1. The lowest BCUT2D eigenvalue weighted by Gasteiger charge is -2.31. The molecule has 4 rings (SSSR count). The third kappa shape index (κ3) is 4.03. The van der Waals surface area contributed by atoms with Crippen LogP contribution in [0.25, 0.3) is 0 Å². The molecule has 1 saturated carbocycles. The summed E-state index contributed by atoms with van der Waals surface area (Å²) in [4.78, 5) is 28.6. The van der Waals surface area contributed by atoms with Crippen molar-refractivity contribution in [1.82, 2.24) is 5.32 Å². The average Bonchev–Trinajstić information content (AvgIpc) is 3.55. The van der Waals surface area contributed by atoms with Crippen LogP contribution in [0, 0.1) is 0 Å². The Morgan fingerprint density at radius 1 is 1.03 bits per heavy atom. The molecular weight excluding hydrogens is 380 g/mol. The highest BCUT2D eigenvalue weighted by Gasteiger charge is 2.38. The molecule has 1 fully saturated rings. The van der Waals surface area contributed by atoms with E-state index in [1.807, 2.05) is 31.2 Å². The summed E-state index contributed by atoms with van der Waals surface area (Å²) in [6, 6.07) is 13.5. The predicted octanol–water partition coefficient (Wildman–Crippen LogP) is 4.88. The number of carbonyl (C=O) groups excluding carboxylic acids is 2. The largest absolute Gasteiger partial charge is 0.467 e. The van der Waals surface area contributed by atoms with E-state index in [-0.39, 0.29) is 23.6 Å². The molecule has 156 valence electrons. The van der Waals surface area contributed by atoms with Crippen molar-refractivity contribution in [3.8, 4) is 0 Å². The van der Waals surface area contributed by atoms with Crippen molar-refractivity contribution in [3.63, 3.8) is 0 Å². The maximum Gasteiger partial charge on any atom is 0.295 e. The molecule has 0 radical (unpaired) electrons. The standard InChI is InChI=1S/C24H26N2O4/c1-2-17-9-3-6-12-19(17)26(24(28)21-14-8-16-30-21)22(20-13-7-15-29-20)23(27)25-18-10-4-5-11-18/h3,6-9,12-16,18,22H,2,4-5,10-11H2,1H3,(H,25,27). The normalized spacial score (nSPS) is 15.1. The topological polar surface area (TPSA) is 75.7 Å². The van der Waals surface area contributed by atoms with Gasteiger partial charge in [0.05, 0.1) is 12.5 Å². The molecule has 2 aromatic heterocycles. The molecule has 30 heavy (non-hydrogen) atoms. The highest BCUT2D eigenvalue weighted by atomic mass is 16.3. The number of furan rings is 2. The molecular formula is C24H26N2O4. The number of hydrogen-bond acceptors (Lipinski definition) is 4. The molecule has 2 amide bonds. The number of nitrogens with one attached hydrogen (secondary N) is 1. The van der Waals surface area contributed by atoms with Crippen LogP contribution in [0.3, 0.4) is 0 Å². The van der Waals surface area contributed by atoms with Crippen molar-refractivity contribution >= 4 is 17.5 Å². The summed E-state index contributed by atoms with van der Waals surface area (Å²) >= 11 is 0. The second-order valence-corrected chi connectivity index (χ2v) is 7.54. The number of aryl methyl sites for hydroxylation is 1. The first-order valence-corrected chi connectivity index (χ1v) is 10.5. The number of para-hydroxylation sites is 1. The Bertz CT molecular complexity index is 973. The van der Waals surface area contributed by atoms with Gasteiger partial charge in [0, 0.05) is 11.7 Å². The van der Waals surface area contributed by atoms with Gasteiger partial charge < -0.3 is 14.2 Å². The van der Waals surface area contributed by atoms with Crippen molar-refractivity contribution in [2.75, 3.05) is 4.90 Å². The first-order chi connectivity index (χ1) is 14.7. The van der Waals surface area contributed by atoms with Gasteiger partial charge in [-0.15, -0.1) is 0 Å². The summed E-state index contributed by atoms with van der Waals surface area (Å²) < 4.78 is 11.0. The van der Waals surface area contributed by atoms with Gasteiger partial charge >= 0.3 is 0 Å². The molecule has 1 N–H and O–H groups in total. The second-order valence-electron chi connectivity index (χ2n) is 7.54. The third-order valence-corrected chi connectivity index (χ3v) is 5.60. The smallest absolute Gasteiger partial charge is 0.295 e. The number of anilines is 1. The summed E-state index contributed by atoms with van der Waals surface area (Å²) in [5, 5.41) is 3.13. The van der Waals surface area contributed by atoms with Gasteiger partial charge in [-0.2, -0.15) is 0 Å². The Hall–Kier alpha value is -3.28. The number of carbonyl (C=O) groups is 2. The Kier molecular flexibility index (Phi) is 6.02. The quantitative estimate of drug-likeness (QED) is 0.607. The molecule has 6 heteroatoms. The van der Waals surface area contributed by atoms with Gasteiger partial charge in [0.2, 0.25) is 0 Å². The minimum Gasteiger partial charge on any atom is -0.467 e. The molecule has 1 aliphatic rings.